The van der Waals surface area contributed by atoms with Gasteiger partial charge in [0.05, 0.1) is 23.0 Å². The van der Waals surface area contributed by atoms with Crippen molar-refractivity contribution >= 4 is 0 Å². The Morgan fingerprint density at radius 1 is 0.569 bits per heavy atom. The van der Waals surface area contributed by atoms with Crippen molar-refractivity contribution in [3.8, 4) is 50.7 Å². The third-order valence-electron chi connectivity index (χ3n) is 13.5. The lowest BCUT2D eigenvalue weighted by Crippen LogP contribution is -2.30. The van der Waals surface area contributed by atoms with Crippen molar-refractivity contribution in [2.24, 2.45) is 0 Å². The Morgan fingerprint density at radius 3 is 1.74 bits per heavy atom. The fraction of sp³-hybridized carbons (Fsp3) is 0.283. The summed E-state index contributed by atoms with van der Waals surface area (Å²) in [7, 11) is 0. The van der Waals surface area contributed by atoms with Gasteiger partial charge in [-0.15, -0.1) is 5.10 Å². The van der Waals surface area contributed by atoms with Gasteiger partial charge in [-0.05, 0) is 145 Å². The van der Waals surface area contributed by atoms with E-state index in [1.54, 1.807) is 0 Å². The Bertz CT molecular complexity index is 2960. The number of ether oxygens (including phenoxy) is 1. The first-order valence-corrected chi connectivity index (χ1v) is 23.2. The summed E-state index contributed by atoms with van der Waals surface area (Å²) in [5, 5.41) is 9.63. The molecule has 0 bridgehead atoms. The summed E-state index contributed by atoms with van der Waals surface area (Å²) < 4.78 is 9.01. The summed E-state index contributed by atoms with van der Waals surface area (Å²) in [4.78, 5) is 5.21. The van der Waals surface area contributed by atoms with Crippen LogP contribution in [0, 0.1) is 13.8 Å². The molecule has 6 aromatic carbocycles. The van der Waals surface area contributed by atoms with E-state index in [-0.39, 0.29) is 10.8 Å². The fourth-order valence-corrected chi connectivity index (χ4v) is 10.0. The van der Waals surface area contributed by atoms with E-state index in [4.69, 9.17) is 20.0 Å². The maximum atomic E-state index is 7.11. The molecule has 8 aromatic rings. The summed E-state index contributed by atoms with van der Waals surface area (Å²) in [6.07, 6.45) is 4.00. The molecule has 0 unspecified atom stereocenters. The van der Waals surface area contributed by atoms with Crippen LogP contribution in [0.4, 0.5) is 0 Å². The van der Waals surface area contributed by atoms with Gasteiger partial charge in [-0.2, -0.15) is 0 Å². The molecular formula is C60H62N4O. The number of nitrogens with zero attached hydrogens (tertiary/aromatic N) is 4. The predicted octanol–water partition coefficient (Wildman–Crippen LogP) is 15.6. The van der Waals surface area contributed by atoms with Crippen LogP contribution in [0.1, 0.15) is 137 Å². The number of rotatable bonds is 9. The highest BCUT2D eigenvalue weighted by molar-refractivity contribution is 5.87. The van der Waals surface area contributed by atoms with Crippen LogP contribution in [-0.4, -0.2) is 20.0 Å². The first-order valence-electron chi connectivity index (χ1n) is 23.2. The van der Waals surface area contributed by atoms with Crippen molar-refractivity contribution in [2.75, 3.05) is 0 Å². The zero-order valence-corrected chi connectivity index (χ0v) is 40.2. The van der Waals surface area contributed by atoms with E-state index in [1.165, 1.54) is 66.8 Å². The molecule has 5 nitrogen and oxygen atoms in total. The zero-order chi connectivity index (χ0) is 46.0. The SMILES string of the molecule is Cc1cccc(C)c1-c1cc(Oc2cccc(C3(c4ccccn4)c4cc(C(C)(C)C)ccc4-c4ccc(C(C)(C)C)cc43)c2)cc(-n2cc(-c3c(C(C)C)cccc3C(C)C)nn2)c1. The number of hydrogen-bond acceptors (Lipinski definition) is 4. The highest BCUT2D eigenvalue weighted by Gasteiger charge is 2.48. The topological polar surface area (TPSA) is 52.8 Å². The lowest BCUT2D eigenvalue weighted by atomic mass is 9.68. The largest absolute Gasteiger partial charge is 0.457 e. The predicted molar refractivity (Wildman–Crippen MR) is 269 cm³/mol. The number of benzene rings is 6. The molecule has 0 amide bonds. The van der Waals surface area contributed by atoms with E-state index < -0.39 is 5.41 Å². The normalized spacial score (nSPS) is 13.3. The molecule has 0 saturated heterocycles. The Kier molecular flexibility index (Phi) is 11.0. The van der Waals surface area contributed by atoms with Crippen LogP contribution in [0.15, 0.2) is 146 Å². The second-order valence-electron chi connectivity index (χ2n) is 20.8. The average Bonchev–Trinajstić information content (AvgIpc) is 3.87. The highest BCUT2D eigenvalue weighted by Crippen LogP contribution is 2.57. The number of aryl methyl sites for hydroxylation is 2. The van der Waals surface area contributed by atoms with Crippen molar-refractivity contribution in [2.45, 2.75) is 111 Å². The van der Waals surface area contributed by atoms with Gasteiger partial charge < -0.3 is 4.74 Å². The van der Waals surface area contributed by atoms with Crippen molar-refractivity contribution in [1.29, 1.82) is 0 Å². The Balaban J connectivity index is 1.23. The Hall–Kier alpha value is -6.59. The first kappa shape index (κ1) is 43.7. The van der Waals surface area contributed by atoms with Crippen LogP contribution >= 0.6 is 0 Å². The molecule has 0 aliphatic heterocycles. The minimum atomic E-state index is -0.711. The van der Waals surface area contributed by atoms with E-state index in [9.17, 15) is 0 Å². The summed E-state index contributed by atoms with van der Waals surface area (Å²) >= 11 is 0. The van der Waals surface area contributed by atoms with Crippen LogP contribution in [0.2, 0.25) is 0 Å². The molecule has 2 aromatic heterocycles. The molecule has 1 aliphatic carbocycles. The molecule has 5 heteroatoms. The first-order chi connectivity index (χ1) is 30.9. The molecule has 0 saturated carbocycles. The number of pyridine rings is 1. The molecule has 0 spiro atoms. The van der Waals surface area contributed by atoms with Crippen LogP contribution in [0.25, 0.3) is 39.2 Å². The third kappa shape index (κ3) is 7.79. The molecule has 0 atom stereocenters. The van der Waals surface area contributed by atoms with Gasteiger partial charge in [0, 0.05) is 17.8 Å². The fourth-order valence-electron chi connectivity index (χ4n) is 10.0. The maximum Gasteiger partial charge on any atom is 0.130 e. The molecule has 0 fully saturated rings. The van der Waals surface area contributed by atoms with Gasteiger partial charge in [0.15, 0.2) is 0 Å². The second kappa shape index (κ2) is 16.4. The van der Waals surface area contributed by atoms with Crippen LogP contribution in [0.3, 0.4) is 0 Å². The number of aromatic nitrogens is 4. The zero-order valence-electron chi connectivity index (χ0n) is 40.2. The molecule has 9 rings (SSSR count). The molecular weight excluding hydrogens is 793 g/mol. The van der Waals surface area contributed by atoms with Crippen LogP contribution in [-0.2, 0) is 16.2 Å². The average molecular weight is 855 g/mol. The van der Waals surface area contributed by atoms with E-state index in [0.29, 0.717) is 17.6 Å². The number of fused-ring (bicyclic) bond motifs is 3. The van der Waals surface area contributed by atoms with Crippen molar-refractivity contribution in [3.05, 3.63) is 202 Å². The van der Waals surface area contributed by atoms with Gasteiger partial charge in [0.2, 0.25) is 0 Å². The Morgan fingerprint density at radius 2 is 1.17 bits per heavy atom. The van der Waals surface area contributed by atoms with Gasteiger partial charge in [-0.3, -0.25) is 4.98 Å². The quantitative estimate of drug-likeness (QED) is 0.145. The molecule has 0 radical (unpaired) electrons. The summed E-state index contributed by atoms with van der Waals surface area (Å²) in [6, 6.07) is 48.7. The number of hydrogen-bond donors (Lipinski definition) is 0. The Labute approximate surface area is 386 Å². The highest BCUT2D eigenvalue weighted by atomic mass is 16.5. The molecule has 328 valence electrons. The van der Waals surface area contributed by atoms with Crippen LogP contribution < -0.4 is 4.74 Å². The van der Waals surface area contributed by atoms with E-state index in [0.717, 1.165) is 34.0 Å². The van der Waals surface area contributed by atoms with Gasteiger partial charge >= 0.3 is 0 Å². The van der Waals surface area contributed by atoms with E-state index >= 15 is 0 Å². The maximum absolute atomic E-state index is 7.11. The summed E-state index contributed by atoms with van der Waals surface area (Å²) in [6.45, 7) is 27.1. The minimum Gasteiger partial charge on any atom is -0.457 e. The standard InChI is InChI=1S/C60H62N4O/c1-37(2)48-22-17-23-49(38(3)4)57(48)54-36-64(63-62-54)45-30-41(56-39(5)18-15-19-40(56)6)31-47(35-45)65-46-21-16-20-44(32-46)60(55-24-13-14-29-61-55)52-33-42(58(7,8)9)25-27-50(52)51-28-26-43(34-53(51)60)59(10,11)12/h13-38H,1-12H3. The van der Waals surface area contributed by atoms with E-state index in [1.807, 2.05) is 16.9 Å². The van der Waals surface area contributed by atoms with Crippen molar-refractivity contribution < 1.29 is 4.74 Å². The van der Waals surface area contributed by atoms with Gasteiger partial charge in [0.25, 0.3) is 0 Å². The minimum absolute atomic E-state index is 0.0568. The van der Waals surface area contributed by atoms with Gasteiger partial charge in [-0.1, -0.05) is 165 Å². The third-order valence-corrected chi connectivity index (χ3v) is 13.5. The summed E-state index contributed by atoms with van der Waals surface area (Å²) in [5.74, 6) is 2.12. The smallest absolute Gasteiger partial charge is 0.130 e. The van der Waals surface area contributed by atoms with Gasteiger partial charge in [-0.25, -0.2) is 4.68 Å². The molecule has 0 N–H and O–H groups in total. The molecule has 1 aliphatic rings. The van der Waals surface area contributed by atoms with Crippen molar-refractivity contribution in [3.63, 3.8) is 0 Å². The molecule has 2 heterocycles. The van der Waals surface area contributed by atoms with Gasteiger partial charge in [0.1, 0.15) is 17.2 Å². The lowest BCUT2D eigenvalue weighted by Gasteiger charge is -2.34. The van der Waals surface area contributed by atoms with Crippen molar-refractivity contribution in [1.82, 2.24) is 20.0 Å². The lowest BCUT2D eigenvalue weighted by molar-refractivity contribution is 0.480. The van der Waals surface area contributed by atoms with Crippen LogP contribution in [0.5, 0.6) is 11.5 Å². The van der Waals surface area contributed by atoms with E-state index in [2.05, 4.69) is 217 Å². The second-order valence-corrected chi connectivity index (χ2v) is 20.8. The molecule has 65 heavy (non-hydrogen) atoms. The monoisotopic (exact) mass is 854 g/mol. The summed E-state index contributed by atoms with van der Waals surface area (Å²) in [5.41, 5.74) is 18.9.